The van der Waals surface area contributed by atoms with Crippen LogP contribution in [-0.4, -0.2) is 0 Å². The van der Waals surface area contributed by atoms with Gasteiger partial charge in [-0.3, -0.25) is 0 Å². The second-order valence-corrected chi connectivity index (χ2v) is 6.37. The first-order valence-corrected chi connectivity index (χ1v) is 7.59. The highest BCUT2D eigenvalue weighted by Crippen LogP contribution is 2.50. The Balaban J connectivity index is 1.83. The maximum absolute atomic E-state index is 2.74. The largest absolute Gasteiger partial charge is 0.0816 e. The van der Waals surface area contributed by atoms with Crippen molar-refractivity contribution < 1.29 is 0 Å². The molecule has 4 bridgehead atoms. The van der Waals surface area contributed by atoms with Gasteiger partial charge < -0.3 is 0 Å². The molecule has 16 heavy (non-hydrogen) atoms. The summed E-state index contributed by atoms with van der Waals surface area (Å²) < 4.78 is 0. The zero-order valence-electron chi connectivity index (χ0n) is 10.8. The molecule has 0 N–H and O–H groups in total. The molecule has 3 saturated carbocycles. The van der Waals surface area contributed by atoms with E-state index in [0.29, 0.717) is 0 Å². The maximum Gasteiger partial charge on any atom is -0.0175 e. The first kappa shape index (κ1) is 10.9. The zero-order chi connectivity index (χ0) is 11.0. The van der Waals surface area contributed by atoms with Crippen molar-refractivity contribution in [2.45, 2.75) is 64.7 Å². The molecule has 0 amide bonds. The summed E-state index contributed by atoms with van der Waals surface area (Å²) in [5.74, 6) is 4.11. The standard InChI is InChI=1S/C16H26/c1-2-3-4-15-11-14-9-10-16(15)13-7-5-12(14)6-8-13/h11-14,16H,2-10H2,1H3/t12?,13?,14-,16-/m1/s1. The summed E-state index contributed by atoms with van der Waals surface area (Å²) >= 11 is 0. The van der Waals surface area contributed by atoms with Gasteiger partial charge in [-0.05, 0) is 75.0 Å². The predicted molar refractivity (Wildman–Crippen MR) is 69.3 cm³/mol. The molecule has 0 spiro atoms. The number of allylic oxidation sites excluding steroid dienone is 2. The lowest BCUT2D eigenvalue weighted by Gasteiger charge is -2.45. The molecule has 0 saturated heterocycles. The summed E-state index contributed by atoms with van der Waals surface area (Å²) in [6, 6.07) is 0. The van der Waals surface area contributed by atoms with Crippen LogP contribution < -0.4 is 0 Å². The molecule has 0 aromatic carbocycles. The Hall–Kier alpha value is -0.260. The van der Waals surface area contributed by atoms with Crippen molar-refractivity contribution >= 4 is 0 Å². The molecular weight excluding hydrogens is 192 g/mol. The summed E-state index contributed by atoms with van der Waals surface area (Å²) in [4.78, 5) is 0. The van der Waals surface area contributed by atoms with E-state index in [4.69, 9.17) is 0 Å². The van der Waals surface area contributed by atoms with Crippen LogP contribution in [0.5, 0.6) is 0 Å². The molecule has 2 atom stereocenters. The Morgan fingerprint density at radius 3 is 2.50 bits per heavy atom. The van der Waals surface area contributed by atoms with Gasteiger partial charge in [-0.15, -0.1) is 0 Å². The van der Waals surface area contributed by atoms with Gasteiger partial charge in [0.25, 0.3) is 0 Å². The van der Waals surface area contributed by atoms with E-state index in [1.54, 1.807) is 25.7 Å². The smallest absolute Gasteiger partial charge is 0.0175 e. The summed E-state index contributed by atoms with van der Waals surface area (Å²) in [5.41, 5.74) is 1.88. The van der Waals surface area contributed by atoms with Gasteiger partial charge >= 0.3 is 0 Å². The average Bonchev–Trinajstić information content (AvgIpc) is 2.32. The van der Waals surface area contributed by atoms with E-state index in [-0.39, 0.29) is 0 Å². The van der Waals surface area contributed by atoms with E-state index in [1.165, 1.54) is 32.1 Å². The van der Waals surface area contributed by atoms with Gasteiger partial charge in [-0.2, -0.15) is 0 Å². The van der Waals surface area contributed by atoms with E-state index in [1.807, 2.05) is 5.57 Å². The summed E-state index contributed by atoms with van der Waals surface area (Å²) in [6.07, 6.45) is 16.2. The molecule has 90 valence electrons. The molecule has 0 aromatic heterocycles. The van der Waals surface area contributed by atoms with Crippen LogP contribution in [0.15, 0.2) is 11.6 Å². The fourth-order valence-corrected chi connectivity index (χ4v) is 4.57. The highest BCUT2D eigenvalue weighted by Gasteiger charge is 2.38. The highest BCUT2D eigenvalue weighted by atomic mass is 14.4. The third-order valence-electron chi connectivity index (χ3n) is 5.53. The third kappa shape index (κ3) is 1.85. The predicted octanol–water partition coefficient (Wildman–Crippen LogP) is 4.95. The first-order valence-electron chi connectivity index (χ1n) is 7.59. The SMILES string of the molecule is CCCCC1=C[C@H]2CC[C@@H]1C1CCC2CC1. The summed E-state index contributed by atoms with van der Waals surface area (Å²) in [7, 11) is 0. The van der Waals surface area contributed by atoms with Crippen molar-refractivity contribution in [1.29, 1.82) is 0 Å². The van der Waals surface area contributed by atoms with Gasteiger partial charge in [0, 0.05) is 0 Å². The number of hydrogen-bond acceptors (Lipinski definition) is 0. The number of unbranched alkanes of at least 4 members (excludes halogenated alkanes) is 1. The van der Waals surface area contributed by atoms with Gasteiger partial charge in [-0.1, -0.05) is 25.0 Å². The average molecular weight is 218 g/mol. The second kappa shape index (κ2) is 4.55. The van der Waals surface area contributed by atoms with Crippen molar-refractivity contribution in [3.8, 4) is 0 Å². The van der Waals surface area contributed by atoms with Crippen LogP contribution >= 0.6 is 0 Å². The van der Waals surface area contributed by atoms with Crippen molar-refractivity contribution in [2.24, 2.45) is 23.7 Å². The fraction of sp³-hybridized carbons (Fsp3) is 0.875. The zero-order valence-corrected chi connectivity index (χ0v) is 10.8. The van der Waals surface area contributed by atoms with Crippen LogP contribution in [0.3, 0.4) is 0 Å². The van der Waals surface area contributed by atoms with Crippen LogP contribution in [0, 0.1) is 23.7 Å². The van der Waals surface area contributed by atoms with Crippen LogP contribution in [0.1, 0.15) is 64.7 Å². The Bertz CT molecular complexity index is 268. The van der Waals surface area contributed by atoms with E-state index in [2.05, 4.69) is 13.0 Å². The van der Waals surface area contributed by atoms with Crippen molar-refractivity contribution in [3.05, 3.63) is 11.6 Å². The van der Waals surface area contributed by atoms with Crippen LogP contribution in [0.2, 0.25) is 0 Å². The minimum absolute atomic E-state index is 0.976. The lowest BCUT2D eigenvalue weighted by molar-refractivity contribution is 0.125. The van der Waals surface area contributed by atoms with Gasteiger partial charge in [-0.25, -0.2) is 0 Å². The highest BCUT2D eigenvalue weighted by molar-refractivity contribution is 5.17. The number of hydrogen-bond donors (Lipinski definition) is 0. The molecule has 3 fully saturated rings. The Labute approximate surface area is 101 Å². The lowest BCUT2D eigenvalue weighted by Crippen LogP contribution is -2.34. The maximum atomic E-state index is 2.74. The molecule has 0 heterocycles. The van der Waals surface area contributed by atoms with Crippen molar-refractivity contribution in [1.82, 2.24) is 0 Å². The third-order valence-corrected chi connectivity index (χ3v) is 5.53. The van der Waals surface area contributed by atoms with Gasteiger partial charge in [0.2, 0.25) is 0 Å². The van der Waals surface area contributed by atoms with Crippen molar-refractivity contribution in [2.75, 3.05) is 0 Å². The minimum atomic E-state index is 0.976. The molecule has 6 aliphatic rings. The Morgan fingerprint density at radius 1 is 1.00 bits per heavy atom. The Kier molecular flexibility index (Phi) is 3.09. The molecule has 6 rings (SSSR count). The second-order valence-electron chi connectivity index (χ2n) is 6.37. The molecule has 0 aliphatic heterocycles. The molecular formula is C16H26. The lowest BCUT2D eigenvalue weighted by atomic mass is 9.60. The minimum Gasteiger partial charge on any atom is -0.0816 e. The van der Waals surface area contributed by atoms with Gasteiger partial charge in [0.05, 0.1) is 0 Å². The van der Waals surface area contributed by atoms with E-state index >= 15 is 0 Å². The molecule has 0 radical (unpaired) electrons. The normalized spacial score (nSPS) is 41.7. The molecule has 0 unspecified atom stereocenters. The summed E-state index contributed by atoms with van der Waals surface area (Å²) in [6.45, 7) is 2.33. The first-order chi connectivity index (χ1) is 7.88. The van der Waals surface area contributed by atoms with Gasteiger partial charge in [0.1, 0.15) is 0 Å². The van der Waals surface area contributed by atoms with Crippen LogP contribution in [0.4, 0.5) is 0 Å². The molecule has 0 nitrogen and oxygen atoms in total. The quantitative estimate of drug-likeness (QED) is 0.588. The monoisotopic (exact) mass is 218 g/mol. The van der Waals surface area contributed by atoms with Crippen molar-refractivity contribution in [3.63, 3.8) is 0 Å². The number of rotatable bonds is 3. The van der Waals surface area contributed by atoms with E-state index in [0.717, 1.165) is 23.7 Å². The summed E-state index contributed by atoms with van der Waals surface area (Å²) in [5, 5.41) is 0. The molecule has 0 heteroatoms. The Morgan fingerprint density at radius 2 is 1.75 bits per heavy atom. The van der Waals surface area contributed by atoms with Crippen LogP contribution in [0.25, 0.3) is 0 Å². The van der Waals surface area contributed by atoms with Crippen LogP contribution in [-0.2, 0) is 0 Å². The molecule has 0 aromatic rings. The van der Waals surface area contributed by atoms with E-state index in [9.17, 15) is 0 Å². The van der Waals surface area contributed by atoms with Gasteiger partial charge in [0.15, 0.2) is 0 Å². The fourth-order valence-electron chi connectivity index (χ4n) is 4.57. The topological polar surface area (TPSA) is 0 Å². The molecule has 6 aliphatic carbocycles. The van der Waals surface area contributed by atoms with E-state index < -0.39 is 0 Å².